The lowest BCUT2D eigenvalue weighted by Gasteiger charge is -2.38. The number of aliphatic carboxylic acids is 1. The molecule has 2 aromatic heterocycles. The summed E-state index contributed by atoms with van der Waals surface area (Å²) in [5.41, 5.74) is 2.28. The highest BCUT2D eigenvalue weighted by atomic mass is 32.2. The normalized spacial score (nSPS) is 19.1. The number of fused-ring (bicyclic) bond motifs is 1. The first-order chi connectivity index (χ1) is 16.1. The van der Waals surface area contributed by atoms with Crippen LogP contribution in [0, 0.1) is 11.8 Å². The number of carboxylic acids is 1. The minimum absolute atomic E-state index is 0.234. The van der Waals surface area contributed by atoms with Gasteiger partial charge < -0.3 is 14.7 Å². The minimum Gasteiger partial charge on any atom is -0.495 e. The number of nitrogens with zero attached hydrogens (tertiary/aromatic N) is 2. The van der Waals surface area contributed by atoms with Crippen LogP contribution in [0.15, 0.2) is 52.2 Å². The number of likely N-dealkylation sites (tertiary alicyclic amines) is 1. The first kappa shape index (κ1) is 24.0. The third-order valence-corrected chi connectivity index (χ3v) is 8.72. The SMILES string of the molecule is COc1cnc2cccc(CCCC3CCN(CCSc4cccs4)CC3CC(=O)O)c2c1. The number of pyridine rings is 1. The van der Waals surface area contributed by atoms with Gasteiger partial charge in [-0.1, -0.05) is 18.2 Å². The first-order valence-electron chi connectivity index (χ1n) is 11.6. The van der Waals surface area contributed by atoms with E-state index in [1.807, 2.05) is 17.8 Å². The second-order valence-electron chi connectivity index (χ2n) is 8.74. The predicted octanol–water partition coefficient (Wildman–Crippen LogP) is 5.83. The smallest absolute Gasteiger partial charge is 0.303 e. The average Bonchev–Trinajstić information content (AvgIpc) is 3.33. The molecule has 0 bridgehead atoms. The molecule has 0 saturated carbocycles. The number of methoxy groups -OCH3 is 1. The lowest BCUT2D eigenvalue weighted by molar-refractivity contribution is -0.139. The Labute approximate surface area is 204 Å². The van der Waals surface area contributed by atoms with Gasteiger partial charge in [-0.3, -0.25) is 9.78 Å². The van der Waals surface area contributed by atoms with E-state index in [9.17, 15) is 9.90 Å². The van der Waals surface area contributed by atoms with Crippen LogP contribution in [0.5, 0.6) is 5.75 Å². The maximum Gasteiger partial charge on any atom is 0.303 e. The zero-order chi connectivity index (χ0) is 23.0. The maximum absolute atomic E-state index is 11.6. The van der Waals surface area contributed by atoms with Crippen molar-refractivity contribution in [2.75, 3.05) is 32.5 Å². The standard InChI is InChI=1S/C26H32N2O3S2/c1-31-22-16-23-20(7-3-8-24(23)27-17-22)6-2-5-19-10-11-28(18-21(19)15-25(29)30)12-14-33-26-9-4-13-32-26/h3-4,7-9,13,16-17,19,21H,2,5-6,10-12,14-15,18H2,1H3,(H,29,30). The van der Waals surface area contributed by atoms with Crippen LogP contribution in [0.2, 0.25) is 0 Å². The molecule has 1 fully saturated rings. The summed E-state index contributed by atoms with van der Waals surface area (Å²) in [5.74, 6) is 1.87. The van der Waals surface area contributed by atoms with Crippen LogP contribution in [0.1, 0.15) is 31.2 Å². The van der Waals surface area contributed by atoms with Gasteiger partial charge in [0.2, 0.25) is 0 Å². The van der Waals surface area contributed by atoms with E-state index in [1.54, 1.807) is 24.6 Å². The summed E-state index contributed by atoms with van der Waals surface area (Å²) < 4.78 is 6.72. The molecule has 7 heteroatoms. The van der Waals surface area contributed by atoms with Gasteiger partial charge in [0.25, 0.3) is 0 Å². The van der Waals surface area contributed by atoms with Crippen molar-refractivity contribution >= 4 is 40.0 Å². The van der Waals surface area contributed by atoms with Gasteiger partial charge in [0, 0.05) is 30.6 Å². The molecule has 0 radical (unpaired) electrons. The van der Waals surface area contributed by atoms with Crippen LogP contribution in [-0.4, -0.2) is 53.5 Å². The largest absolute Gasteiger partial charge is 0.495 e. The van der Waals surface area contributed by atoms with E-state index in [2.05, 4.69) is 45.6 Å². The Bertz CT molecular complexity index is 1040. The lowest BCUT2D eigenvalue weighted by Crippen LogP contribution is -2.42. The minimum atomic E-state index is -0.674. The summed E-state index contributed by atoms with van der Waals surface area (Å²) in [4.78, 5) is 18.5. The molecule has 3 aromatic rings. The van der Waals surface area contributed by atoms with Crippen LogP contribution in [0.25, 0.3) is 10.9 Å². The topological polar surface area (TPSA) is 62.7 Å². The Hall–Kier alpha value is -2.09. The van der Waals surface area contributed by atoms with E-state index < -0.39 is 5.97 Å². The van der Waals surface area contributed by atoms with E-state index in [0.717, 1.165) is 67.7 Å². The predicted molar refractivity (Wildman–Crippen MR) is 137 cm³/mol. The van der Waals surface area contributed by atoms with E-state index in [0.29, 0.717) is 5.92 Å². The number of aromatic nitrogens is 1. The molecule has 2 unspecified atom stereocenters. The Morgan fingerprint density at radius 2 is 2.21 bits per heavy atom. The quantitative estimate of drug-likeness (QED) is 0.345. The fraction of sp³-hybridized carbons (Fsp3) is 0.462. The molecule has 0 aliphatic carbocycles. The lowest BCUT2D eigenvalue weighted by atomic mass is 9.80. The molecule has 4 rings (SSSR count). The van der Waals surface area contributed by atoms with E-state index in [1.165, 1.54) is 9.77 Å². The molecule has 5 nitrogen and oxygen atoms in total. The average molecular weight is 485 g/mol. The van der Waals surface area contributed by atoms with Crippen molar-refractivity contribution in [1.29, 1.82) is 0 Å². The van der Waals surface area contributed by atoms with Crippen LogP contribution in [-0.2, 0) is 11.2 Å². The summed E-state index contributed by atoms with van der Waals surface area (Å²) >= 11 is 3.68. The molecule has 1 N–H and O–H groups in total. The van der Waals surface area contributed by atoms with Gasteiger partial charge in [-0.05, 0) is 73.2 Å². The molecule has 3 heterocycles. The molecular formula is C26H32N2O3S2. The van der Waals surface area contributed by atoms with Crippen molar-refractivity contribution in [3.8, 4) is 5.75 Å². The van der Waals surface area contributed by atoms with Gasteiger partial charge in [0.1, 0.15) is 5.75 Å². The van der Waals surface area contributed by atoms with Gasteiger partial charge in [0.15, 0.2) is 0 Å². The molecule has 1 saturated heterocycles. The number of carboxylic acid groups (broad SMARTS) is 1. The number of thioether (sulfide) groups is 1. The van der Waals surface area contributed by atoms with Crippen LogP contribution in [0.3, 0.4) is 0 Å². The van der Waals surface area contributed by atoms with E-state index in [-0.39, 0.29) is 12.3 Å². The van der Waals surface area contributed by atoms with Gasteiger partial charge >= 0.3 is 5.97 Å². The zero-order valence-electron chi connectivity index (χ0n) is 19.1. The molecule has 1 aromatic carbocycles. The molecule has 0 amide bonds. The van der Waals surface area contributed by atoms with Crippen molar-refractivity contribution in [3.05, 3.63) is 53.5 Å². The Balaban J connectivity index is 1.31. The number of benzene rings is 1. The van der Waals surface area contributed by atoms with Crippen molar-refractivity contribution in [1.82, 2.24) is 9.88 Å². The number of hydrogen-bond donors (Lipinski definition) is 1. The van der Waals surface area contributed by atoms with Crippen molar-refractivity contribution in [2.24, 2.45) is 11.8 Å². The molecule has 1 aliphatic heterocycles. The maximum atomic E-state index is 11.6. The second-order valence-corrected chi connectivity index (χ2v) is 11.1. The molecular weight excluding hydrogens is 452 g/mol. The molecule has 0 spiro atoms. The van der Waals surface area contributed by atoms with Gasteiger partial charge in [-0.15, -0.1) is 23.1 Å². The number of aryl methyl sites for hydroxylation is 1. The van der Waals surface area contributed by atoms with Gasteiger partial charge in [-0.2, -0.15) is 0 Å². The Morgan fingerprint density at radius 3 is 3.00 bits per heavy atom. The summed E-state index contributed by atoms with van der Waals surface area (Å²) in [7, 11) is 1.67. The molecule has 33 heavy (non-hydrogen) atoms. The summed E-state index contributed by atoms with van der Waals surface area (Å²) in [6, 6.07) is 12.6. The van der Waals surface area contributed by atoms with E-state index in [4.69, 9.17) is 4.74 Å². The summed E-state index contributed by atoms with van der Waals surface area (Å²) in [6.07, 6.45) is 6.23. The zero-order valence-corrected chi connectivity index (χ0v) is 20.7. The highest BCUT2D eigenvalue weighted by Gasteiger charge is 2.30. The highest BCUT2D eigenvalue weighted by Crippen LogP contribution is 2.32. The first-order valence-corrected chi connectivity index (χ1v) is 13.5. The molecule has 176 valence electrons. The fourth-order valence-electron chi connectivity index (χ4n) is 4.89. The number of piperidine rings is 1. The second kappa shape index (κ2) is 11.9. The number of ether oxygens (including phenoxy) is 1. The monoisotopic (exact) mass is 484 g/mol. The van der Waals surface area contributed by atoms with Gasteiger partial charge in [0.05, 0.1) is 23.0 Å². The third kappa shape index (κ3) is 6.71. The molecule has 2 atom stereocenters. The van der Waals surface area contributed by atoms with Crippen LogP contribution in [0.4, 0.5) is 0 Å². The van der Waals surface area contributed by atoms with Crippen LogP contribution < -0.4 is 4.74 Å². The van der Waals surface area contributed by atoms with Crippen LogP contribution >= 0.6 is 23.1 Å². The van der Waals surface area contributed by atoms with E-state index >= 15 is 0 Å². The van der Waals surface area contributed by atoms with Crippen molar-refractivity contribution in [3.63, 3.8) is 0 Å². The summed E-state index contributed by atoms with van der Waals surface area (Å²) in [5, 5.41) is 12.8. The number of hydrogen-bond acceptors (Lipinski definition) is 6. The Kier molecular flexibility index (Phi) is 8.64. The number of rotatable bonds is 11. The van der Waals surface area contributed by atoms with Crippen molar-refractivity contribution in [2.45, 2.75) is 36.3 Å². The van der Waals surface area contributed by atoms with Gasteiger partial charge in [-0.25, -0.2) is 0 Å². The molecule has 1 aliphatic rings. The number of carbonyl (C=O) groups is 1. The number of thiophene rings is 1. The third-order valence-electron chi connectivity index (χ3n) is 6.61. The van der Waals surface area contributed by atoms with Crippen molar-refractivity contribution < 1.29 is 14.6 Å². The highest BCUT2D eigenvalue weighted by molar-refractivity contribution is 8.01. The summed E-state index contributed by atoms with van der Waals surface area (Å²) in [6.45, 7) is 2.99. The fourth-order valence-corrected chi connectivity index (χ4v) is 6.75. The Morgan fingerprint density at radius 1 is 1.30 bits per heavy atom.